The van der Waals surface area contributed by atoms with Crippen molar-refractivity contribution in [3.8, 4) is 0 Å². The molecule has 3 nitrogen and oxygen atoms in total. The van der Waals surface area contributed by atoms with Crippen LogP contribution in [0.2, 0.25) is 0 Å². The minimum absolute atomic E-state index is 0.140. The smallest absolute Gasteiger partial charge is 0.226 e. The lowest BCUT2D eigenvalue weighted by molar-refractivity contribution is -0.133. The largest absolute Gasteiger partial charge is 0.374 e. The molecule has 1 aliphatic carbocycles. The molecule has 0 radical (unpaired) electrons. The number of carbonyl (C=O) groups excluding carboxylic acids is 1. The van der Waals surface area contributed by atoms with Gasteiger partial charge < -0.3 is 9.64 Å². The summed E-state index contributed by atoms with van der Waals surface area (Å²) in [7, 11) is 0. The second-order valence-corrected chi connectivity index (χ2v) is 8.43. The Kier molecular flexibility index (Phi) is 2.86. The van der Waals surface area contributed by atoms with Crippen molar-refractivity contribution in [1.29, 1.82) is 0 Å². The fourth-order valence-corrected chi connectivity index (χ4v) is 5.16. The first-order chi connectivity index (χ1) is 9.89. The maximum absolute atomic E-state index is 12.9. The Hall–Kier alpha value is -0.830. The second kappa shape index (κ2) is 4.34. The normalized spacial score (nSPS) is 45.6. The number of carbonyl (C=O) groups is 1. The van der Waals surface area contributed by atoms with E-state index in [1.165, 1.54) is 18.4 Å². The summed E-state index contributed by atoms with van der Waals surface area (Å²) in [4.78, 5) is 15.1. The predicted octanol–water partition coefficient (Wildman–Crippen LogP) is 2.86. The van der Waals surface area contributed by atoms with E-state index >= 15 is 0 Å². The predicted molar refractivity (Wildman–Crippen MR) is 81.6 cm³/mol. The molecular formula is C18H27NO2. The van der Waals surface area contributed by atoms with E-state index in [0.717, 1.165) is 13.1 Å². The molecule has 21 heavy (non-hydrogen) atoms. The minimum atomic E-state index is 0.140. The van der Waals surface area contributed by atoms with Gasteiger partial charge in [-0.2, -0.15) is 0 Å². The van der Waals surface area contributed by atoms with Crippen molar-refractivity contribution in [2.75, 3.05) is 13.1 Å². The van der Waals surface area contributed by atoms with Gasteiger partial charge in [0.2, 0.25) is 5.91 Å². The van der Waals surface area contributed by atoms with Crippen molar-refractivity contribution in [2.24, 2.45) is 29.1 Å². The highest BCUT2D eigenvalue weighted by atomic mass is 16.5. The third-order valence-electron chi connectivity index (χ3n) is 6.45. The summed E-state index contributed by atoms with van der Waals surface area (Å²) in [5, 5.41) is 0. The highest BCUT2D eigenvalue weighted by molar-refractivity contribution is 5.84. The average Bonchev–Trinajstić information content (AvgIpc) is 2.93. The molecule has 3 heterocycles. The first kappa shape index (κ1) is 13.8. The van der Waals surface area contributed by atoms with Crippen LogP contribution < -0.4 is 0 Å². The van der Waals surface area contributed by atoms with Gasteiger partial charge in [-0.25, -0.2) is 0 Å². The molecule has 3 aliphatic heterocycles. The van der Waals surface area contributed by atoms with Crippen LogP contribution >= 0.6 is 0 Å². The van der Waals surface area contributed by atoms with Crippen LogP contribution in [0.25, 0.3) is 0 Å². The second-order valence-electron chi connectivity index (χ2n) is 8.43. The molecule has 6 atom stereocenters. The Morgan fingerprint density at radius 1 is 1.14 bits per heavy atom. The van der Waals surface area contributed by atoms with Crippen LogP contribution in [0.1, 0.15) is 40.5 Å². The first-order valence-corrected chi connectivity index (χ1v) is 8.49. The van der Waals surface area contributed by atoms with Gasteiger partial charge in [0.05, 0.1) is 18.1 Å². The zero-order chi connectivity index (χ0) is 14.9. The molecule has 4 fully saturated rings. The molecule has 0 N–H and O–H groups in total. The van der Waals surface area contributed by atoms with Crippen LogP contribution in [-0.4, -0.2) is 36.1 Å². The molecule has 1 amide bonds. The molecule has 4 aliphatic rings. The van der Waals surface area contributed by atoms with E-state index in [4.69, 9.17) is 4.74 Å². The van der Waals surface area contributed by atoms with Gasteiger partial charge in [-0.1, -0.05) is 25.5 Å². The molecule has 4 rings (SSSR count). The number of allylic oxidation sites excluding steroid dienone is 2. The number of amides is 1. The average molecular weight is 289 g/mol. The fraction of sp³-hybridized carbons (Fsp3) is 0.833. The van der Waals surface area contributed by atoms with Crippen molar-refractivity contribution < 1.29 is 9.53 Å². The van der Waals surface area contributed by atoms with Gasteiger partial charge >= 0.3 is 0 Å². The molecule has 0 unspecified atom stereocenters. The molecule has 0 aromatic carbocycles. The summed E-state index contributed by atoms with van der Waals surface area (Å²) < 4.78 is 6.01. The number of hydrogen-bond donors (Lipinski definition) is 0. The van der Waals surface area contributed by atoms with Crippen LogP contribution in [0.3, 0.4) is 0 Å². The minimum Gasteiger partial charge on any atom is -0.374 e. The Morgan fingerprint density at radius 2 is 1.71 bits per heavy atom. The maximum atomic E-state index is 12.9. The van der Waals surface area contributed by atoms with Crippen molar-refractivity contribution in [1.82, 2.24) is 4.90 Å². The summed E-state index contributed by atoms with van der Waals surface area (Å²) in [6.07, 6.45) is 5.61. The lowest BCUT2D eigenvalue weighted by Crippen LogP contribution is -2.33. The molecule has 0 spiro atoms. The van der Waals surface area contributed by atoms with Gasteiger partial charge in [0.1, 0.15) is 0 Å². The molecule has 3 heteroatoms. The third kappa shape index (κ3) is 1.93. The Labute approximate surface area is 127 Å². The number of nitrogens with zero attached hydrogens (tertiary/aromatic N) is 1. The van der Waals surface area contributed by atoms with Crippen LogP contribution in [0.5, 0.6) is 0 Å². The van der Waals surface area contributed by atoms with Crippen molar-refractivity contribution in [2.45, 2.75) is 52.7 Å². The van der Waals surface area contributed by atoms with E-state index < -0.39 is 0 Å². The number of hydrogen-bond acceptors (Lipinski definition) is 2. The Morgan fingerprint density at radius 3 is 2.24 bits per heavy atom. The van der Waals surface area contributed by atoms with Crippen LogP contribution in [-0.2, 0) is 9.53 Å². The SMILES string of the molecule is CC(C)=C[C@@H]1[C@H](C(=O)N2C[C@@H]3[C@H](C2)[C@H]2CC[C@H]3O2)C1(C)C. The number of fused-ring (bicyclic) bond motifs is 5. The third-order valence-corrected chi connectivity index (χ3v) is 6.45. The lowest BCUT2D eigenvalue weighted by atomic mass is 9.82. The van der Waals surface area contributed by atoms with E-state index in [9.17, 15) is 4.79 Å². The van der Waals surface area contributed by atoms with Crippen LogP contribution in [0.15, 0.2) is 11.6 Å². The topological polar surface area (TPSA) is 29.5 Å². The molecule has 0 aromatic heterocycles. The molecule has 3 saturated heterocycles. The number of ether oxygens (including phenoxy) is 1. The Bertz CT molecular complexity index is 487. The highest BCUT2D eigenvalue weighted by Gasteiger charge is 2.63. The summed E-state index contributed by atoms with van der Waals surface area (Å²) in [6.45, 7) is 10.6. The van der Waals surface area contributed by atoms with Gasteiger partial charge in [0, 0.05) is 24.9 Å². The summed E-state index contributed by atoms with van der Waals surface area (Å²) in [5.41, 5.74) is 1.47. The van der Waals surface area contributed by atoms with Crippen molar-refractivity contribution in [3.63, 3.8) is 0 Å². The van der Waals surface area contributed by atoms with E-state index in [-0.39, 0.29) is 11.3 Å². The zero-order valence-electron chi connectivity index (χ0n) is 13.6. The number of rotatable bonds is 2. The standard InChI is InChI=1S/C18H27NO2/c1-10(2)7-13-16(18(13,3)4)17(20)19-8-11-12(9-19)15-6-5-14(11)21-15/h7,11-16H,5-6,8-9H2,1-4H3/t11-,12+,13-,14-,15-,16-/m1/s1. The molecule has 2 bridgehead atoms. The first-order valence-electron chi connectivity index (χ1n) is 8.49. The van der Waals surface area contributed by atoms with E-state index in [2.05, 4.69) is 38.7 Å². The summed E-state index contributed by atoms with van der Waals surface area (Å²) >= 11 is 0. The van der Waals surface area contributed by atoms with Gasteiger partial charge in [-0.05, 0) is 38.0 Å². The van der Waals surface area contributed by atoms with Gasteiger partial charge in [-0.3, -0.25) is 4.79 Å². The van der Waals surface area contributed by atoms with Crippen LogP contribution in [0.4, 0.5) is 0 Å². The highest BCUT2D eigenvalue weighted by Crippen LogP contribution is 2.60. The van der Waals surface area contributed by atoms with Gasteiger partial charge in [0.25, 0.3) is 0 Å². The summed E-state index contributed by atoms with van der Waals surface area (Å²) in [6, 6.07) is 0. The zero-order valence-corrected chi connectivity index (χ0v) is 13.6. The molecule has 1 saturated carbocycles. The molecule has 0 aromatic rings. The molecule has 116 valence electrons. The monoisotopic (exact) mass is 289 g/mol. The maximum Gasteiger partial charge on any atom is 0.226 e. The van der Waals surface area contributed by atoms with Crippen molar-refractivity contribution >= 4 is 5.91 Å². The summed E-state index contributed by atoms with van der Waals surface area (Å²) in [5.74, 6) is 2.28. The van der Waals surface area contributed by atoms with E-state index in [1.807, 2.05) is 0 Å². The molecular weight excluding hydrogens is 262 g/mol. The quantitative estimate of drug-likeness (QED) is 0.732. The van der Waals surface area contributed by atoms with Crippen LogP contribution in [0, 0.1) is 29.1 Å². The Balaban J connectivity index is 1.47. The fourth-order valence-electron chi connectivity index (χ4n) is 5.16. The van der Waals surface area contributed by atoms with Gasteiger partial charge in [-0.15, -0.1) is 0 Å². The van der Waals surface area contributed by atoms with E-state index in [0.29, 0.717) is 35.9 Å². The van der Waals surface area contributed by atoms with Gasteiger partial charge in [0.15, 0.2) is 0 Å². The lowest BCUT2D eigenvalue weighted by Gasteiger charge is -2.19. The van der Waals surface area contributed by atoms with Crippen molar-refractivity contribution in [3.05, 3.63) is 11.6 Å². The number of likely N-dealkylation sites (tertiary alicyclic amines) is 1. The van der Waals surface area contributed by atoms with E-state index in [1.54, 1.807) is 0 Å².